The van der Waals surface area contributed by atoms with Crippen molar-refractivity contribution in [3.8, 4) is 0 Å². The van der Waals surface area contributed by atoms with Crippen molar-refractivity contribution in [3.05, 3.63) is 53.4 Å². The highest BCUT2D eigenvalue weighted by Crippen LogP contribution is 2.23. The average molecular weight is 384 g/mol. The van der Waals surface area contributed by atoms with E-state index in [1.807, 2.05) is 0 Å². The van der Waals surface area contributed by atoms with Crippen LogP contribution in [0.3, 0.4) is 0 Å². The highest BCUT2D eigenvalue weighted by Gasteiger charge is 2.22. The molecule has 1 fully saturated rings. The van der Waals surface area contributed by atoms with Gasteiger partial charge in [0.25, 0.3) is 5.91 Å². The van der Waals surface area contributed by atoms with E-state index < -0.39 is 5.91 Å². The van der Waals surface area contributed by atoms with Crippen LogP contribution < -0.4 is 10.6 Å². The van der Waals surface area contributed by atoms with Crippen LogP contribution in [0.2, 0.25) is 0 Å². The lowest BCUT2D eigenvalue weighted by atomic mass is 9.98. The Morgan fingerprint density at radius 3 is 2.96 bits per heavy atom. The molecule has 1 aliphatic heterocycles. The zero-order valence-electron chi connectivity index (χ0n) is 15.5. The Morgan fingerprint density at radius 2 is 2.18 bits per heavy atom. The van der Waals surface area contributed by atoms with Crippen LogP contribution in [-0.4, -0.2) is 48.8 Å². The van der Waals surface area contributed by atoms with Gasteiger partial charge in [0, 0.05) is 13.0 Å². The highest BCUT2D eigenvalue weighted by molar-refractivity contribution is 6.01. The number of piperidine rings is 1. The van der Waals surface area contributed by atoms with Crippen molar-refractivity contribution in [2.75, 3.05) is 18.4 Å². The summed E-state index contributed by atoms with van der Waals surface area (Å²) in [6.45, 7) is 2.21. The lowest BCUT2D eigenvalue weighted by molar-refractivity contribution is 0.102. The summed E-state index contributed by atoms with van der Waals surface area (Å²) in [5, 5.41) is 18.3. The Hall–Kier alpha value is -3.14. The fraction of sp³-hybridized carbons (Fsp3) is 0.389. The molecule has 0 bridgehead atoms. The van der Waals surface area contributed by atoms with Gasteiger partial charge in [0.15, 0.2) is 11.5 Å². The number of carbonyl (C=O) groups is 1. The summed E-state index contributed by atoms with van der Waals surface area (Å²) in [6.07, 6.45) is 3.47. The summed E-state index contributed by atoms with van der Waals surface area (Å²) in [5.74, 6) is 0.679. The van der Waals surface area contributed by atoms with Crippen LogP contribution in [0, 0.1) is 5.82 Å². The third kappa shape index (κ3) is 4.06. The Morgan fingerprint density at radius 1 is 1.36 bits per heavy atom. The van der Waals surface area contributed by atoms with Gasteiger partial charge in [-0.25, -0.2) is 13.8 Å². The summed E-state index contributed by atoms with van der Waals surface area (Å²) in [4.78, 5) is 17.0. The number of amides is 1. The number of nitrogens with one attached hydrogen (secondary N) is 2. The molecule has 10 heteroatoms. The van der Waals surface area contributed by atoms with Crippen molar-refractivity contribution < 1.29 is 9.18 Å². The molecule has 1 aromatic carbocycles. The van der Waals surface area contributed by atoms with E-state index in [1.54, 1.807) is 23.9 Å². The van der Waals surface area contributed by atoms with Gasteiger partial charge in [-0.15, -0.1) is 5.10 Å². The monoisotopic (exact) mass is 384 g/mol. The van der Waals surface area contributed by atoms with Gasteiger partial charge in [-0.2, -0.15) is 10.1 Å². The molecule has 0 saturated carbocycles. The first kappa shape index (κ1) is 18.2. The molecule has 3 heterocycles. The number of aromatic nitrogens is 6. The van der Waals surface area contributed by atoms with Crippen LogP contribution in [0.25, 0.3) is 0 Å². The second kappa shape index (κ2) is 7.85. The SMILES string of the molecule is Cn1nc(C2CCNCC2)nc1NC(=O)c1cn(Cc2cccc(F)c2)nn1. The normalized spacial score (nSPS) is 14.9. The lowest BCUT2D eigenvalue weighted by Gasteiger charge is -2.19. The third-order valence-electron chi connectivity index (χ3n) is 4.71. The summed E-state index contributed by atoms with van der Waals surface area (Å²) in [5.41, 5.74) is 0.889. The minimum atomic E-state index is -0.419. The first-order chi connectivity index (χ1) is 13.6. The van der Waals surface area contributed by atoms with E-state index >= 15 is 0 Å². The van der Waals surface area contributed by atoms with Gasteiger partial charge in [0.2, 0.25) is 5.95 Å². The maximum Gasteiger partial charge on any atom is 0.280 e. The molecule has 0 unspecified atom stereocenters. The maximum absolute atomic E-state index is 13.3. The van der Waals surface area contributed by atoms with E-state index in [1.165, 1.54) is 23.0 Å². The predicted octanol–water partition coefficient (Wildman–Crippen LogP) is 1.31. The molecule has 9 nitrogen and oxygen atoms in total. The fourth-order valence-electron chi connectivity index (χ4n) is 3.23. The van der Waals surface area contributed by atoms with Crippen molar-refractivity contribution in [1.82, 2.24) is 35.1 Å². The molecule has 146 valence electrons. The quantitative estimate of drug-likeness (QED) is 0.688. The summed E-state index contributed by atoms with van der Waals surface area (Å²) in [6, 6.07) is 6.21. The standard InChI is InChI=1S/C18H21FN8O/c1-26-18(21-16(24-26)13-5-7-20-8-6-13)22-17(28)15-11-27(25-23-15)10-12-3-2-4-14(19)9-12/h2-4,9,11,13,20H,5-8,10H2,1H3,(H,21,22,24,28). The number of benzene rings is 1. The van der Waals surface area contributed by atoms with Crippen molar-refractivity contribution in [2.24, 2.45) is 7.05 Å². The van der Waals surface area contributed by atoms with E-state index in [0.717, 1.165) is 37.3 Å². The van der Waals surface area contributed by atoms with Crippen molar-refractivity contribution >= 4 is 11.9 Å². The van der Waals surface area contributed by atoms with E-state index in [2.05, 4.69) is 31.0 Å². The van der Waals surface area contributed by atoms with Crippen LogP contribution in [0.1, 0.15) is 40.6 Å². The molecule has 1 saturated heterocycles. The zero-order chi connectivity index (χ0) is 19.5. The van der Waals surface area contributed by atoms with Gasteiger partial charge in [-0.05, 0) is 43.6 Å². The molecule has 0 radical (unpaired) electrons. The van der Waals surface area contributed by atoms with Crippen molar-refractivity contribution in [3.63, 3.8) is 0 Å². The second-order valence-electron chi connectivity index (χ2n) is 6.83. The molecule has 0 aliphatic carbocycles. The van der Waals surface area contributed by atoms with Crippen molar-refractivity contribution in [1.29, 1.82) is 0 Å². The Bertz CT molecular complexity index is 976. The lowest BCUT2D eigenvalue weighted by Crippen LogP contribution is -2.27. The molecular weight excluding hydrogens is 363 g/mol. The number of rotatable bonds is 5. The van der Waals surface area contributed by atoms with Gasteiger partial charge in [0.1, 0.15) is 5.82 Å². The fourth-order valence-corrected chi connectivity index (χ4v) is 3.23. The van der Waals surface area contributed by atoms with Crippen LogP contribution >= 0.6 is 0 Å². The molecule has 1 aliphatic rings. The smallest absolute Gasteiger partial charge is 0.280 e. The minimum absolute atomic E-state index is 0.155. The number of hydrogen-bond acceptors (Lipinski definition) is 6. The predicted molar refractivity (Wildman–Crippen MR) is 99.3 cm³/mol. The number of carbonyl (C=O) groups excluding carboxylic acids is 1. The second-order valence-corrected chi connectivity index (χ2v) is 6.83. The molecule has 3 aromatic rings. The third-order valence-corrected chi connectivity index (χ3v) is 4.71. The van der Waals surface area contributed by atoms with E-state index in [9.17, 15) is 9.18 Å². The van der Waals surface area contributed by atoms with Gasteiger partial charge in [0.05, 0.1) is 12.7 Å². The van der Waals surface area contributed by atoms with Gasteiger partial charge >= 0.3 is 0 Å². The summed E-state index contributed by atoms with van der Waals surface area (Å²) >= 11 is 0. The van der Waals surface area contributed by atoms with Crippen LogP contribution in [0.15, 0.2) is 30.5 Å². The summed E-state index contributed by atoms with van der Waals surface area (Å²) in [7, 11) is 1.74. The van der Waals surface area contributed by atoms with E-state index in [0.29, 0.717) is 18.4 Å². The van der Waals surface area contributed by atoms with E-state index in [-0.39, 0.29) is 11.5 Å². The van der Waals surface area contributed by atoms with Crippen molar-refractivity contribution in [2.45, 2.75) is 25.3 Å². The van der Waals surface area contributed by atoms with Crippen LogP contribution in [0.5, 0.6) is 0 Å². The number of anilines is 1. The summed E-state index contributed by atoms with van der Waals surface area (Å²) < 4.78 is 16.3. The molecular formula is C18H21FN8O. The van der Waals surface area contributed by atoms with Gasteiger partial charge < -0.3 is 5.32 Å². The van der Waals surface area contributed by atoms with Gasteiger partial charge in [-0.3, -0.25) is 10.1 Å². The molecule has 28 heavy (non-hydrogen) atoms. The minimum Gasteiger partial charge on any atom is -0.317 e. The first-order valence-electron chi connectivity index (χ1n) is 9.16. The highest BCUT2D eigenvalue weighted by atomic mass is 19.1. The number of nitrogens with zero attached hydrogens (tertiary/aromatic N) is 6. The number of halogens is 1. The molecule has 2 aromatic heterocycles. The Balaban J connectivity index is 1.43. The average Bonchev–Trinajstić information content (AvgIpc) is 3.30. The molecule has 2 N–H and O–H groups in total. The number of aryl methyl sites for hydroxylation is 1. The van der Waals surface area contributed by atoms with Crippen LogP contribution in [0.4, 0.5) is 10.3 Å². The van der Waals surface area contributed by atoms with Gasteiger partial charge in [-0.1, -0.05) is 17.3 Å². The topological polar surface area (TPSA) is 103 Å². The molecule has 0 atom stereocenters. The Labute approximate surface area is 161 Å². The molecule has 0 spiro atoms. The Kier molecular flexibility index (Phi) is 5.11. The number of hydrogen-bond donors (Lipinski definition) is 2. The largest absolute Gasteiger partial charge is 0.317 e. The molecule has 4 rings (SSSR count). The molecule has 1 amide bonds. The van der Waals surface area contributed by atoms with E-state index in [4.69, 9.17) is 0 Å². The maximum atomic E-state index is 13.3. The van der Waals surface area contributed by atoms with Crippen LogP contribution in [-0.2, 0) is 13.6 Å². The first-order valence-corrected chi connectivity index (χ1v) is 9.16. The zero-order valence-corrected chi connectivity index (χ0v) is 15.5.